The van der Waals surface area contributed by atoms with Crippen LogP contribution >= 0.6 is 0 Å². The predicted octanol–water partition coefficient (Wildman–Crippen LogP) is 1.79. The maximum absolute atomic E-state index is 13.2. The Morgan fingerprint density at radius 1 is 1.17 bits per heavy atom. The van der Waals surface area contributed by atoms with Crippen LogP contribution in [0.15, 0.2) is 48.5 Å². The Hall–Kier alpha value is -2.64. The average Bonchev–Trinajstić information content (AvgIpc) is 2.71. The van der Waals surface area contributed by atoms with Crippen LogP contribution in [0.3, 0.4) is 0 Å². The number of aryl methyl sites for hydroxylation is 2. The molecular formula is C22H27BN2O4. The normalized spacial score (nSPS) is 16.4. The third-order valence-corrected chi connectivity index (χ3v) is 5.32. The minimum atomic E-state index is -1.61. The molecule has 2 amide bonds. The number of fused-ring (bicyclic) bond motifs is 1. The van der Waals surface area contributed by atoms with Crippen molar-refractivity contribution in [3.63, 3.8) is 0 Å². The highest BCUT2D eigenvalue weighted by atomic mass is 16.4. The summed E-state index contributed by atoms with van der Waals surface area (Å²) in [7, 11) is -1.61. The molecule has 0 saturated heterocycles. The molecule has 3 rings (SSSR count). The Bertz CT molecular complexity index is 871. The molecule has 0 radical (unpaired) electrons. The van der Waals surface area contributed by atoms with Crippen molar-refractivity contribution < 1.29 is 19.6 Å². The largest absolute Gasteiger partial charge is 0.472 e. The lowest BCUT2D eigenvalue weighted by atomic mass is 9.82. The maximum atomic E-state index is 13.2. The van der Waals surface area contributed by atoms with Gasteiger partial charge in [-0.05, 0) is 42.9 Å². The molecule has 0 heterocycles. The van der Waals surface area contributed by atoms with E-state index >= 15 is 0 Å². The molecule has 0 aromatic heterocycles. The van der Waals surface area contributed by atoms with E-state index in [4.69, 9.17) is 10.0 Å². The van der Waals surface area contributed by atoms with Crippen LogP contribution in [-0.4, -0.2) is 35.4 Å². The maximum Gasteiger partial charge on any atom is 0.472 e. The first-order valence-electron chi connectivity index (χ1n) is 10.0. The highest BCUT2D eigenvalue weighted by molar-refractivity contribution is 6.41. The topological polar surface area (TPSA) is 98.7 Å². The van der Waals surface area contributed by atoms with E-state index < -0.39 is 13.2 Å². The molecule has 2 aromatic carbocycles. The van der Waals surface area contributed by atoms with Crippen molar-refractivity contribution >= 4 is 18.9 Å². The minimum absolute atomic E-state index is 0.0241. The quantitative estimate of drug-likeness (QED) is 0.538. The van der Waals surface area contributed by atoms with Gasteiger partial charge in [0, 0.05) is 0 Å². The smallest absolute Gasteiger partial charge is 0.426 e. The molecular weight excluding hydrogens is 367 g/mol. The molecule has 29 heavy (non-hydrogen) atoms. The summed E-state index contributed by atoms with van der Waals surface area (Å²) in [5, 5.41) is 23.5. The Morgan fingerprint density at radius 3 is 2.72 bits per heavy atom. The van der Waals surface area contributed by atoms with E-state index in [0.717, 1.165) is 36.0 Å². The van der Waals surface area contributed by atoms with Crippen LogP contribution in [-0.2, 0) is 16.0 Å². The molecule has 1 aliphatic rings. The summed E-state index contributed by atoms with van der Waals surface area (Å²) >= 11 is 0. The predicted molar refractivity (Wildman–Crippen MR) is 112 cm³/mol. The van der Waals surface area contributed by atoms with Crippen molar-refractivity contribution in [3.05, 3.63) is 70.8 Å². The SMILES string of the molecule is Cc1cccc(C(CC(=O)NCB(O)O)NC(=O)C2CCCc3ccccc32)c1. The first-order chi connectivity index (χ1) is 13.9. The van der Waals surface area contributed by atoms with Crippen molar-refractivity contribution in [2.24, 2.45) is 0 Å². The van der Waals surface area contributed by atoms with Gasteiger partial charge in [-0.2, -0.15) is 0 Å². The molecule has 4 N–H and O–H groups in total. The molecule has 0 spiro atoms. The Morgan fingerprint density at radius 2 is 1.97 bits per heavy atom. The molecule has 6 nitrogen and oxygen atoms in total. The summed E-state index contributed by atoms with van der Waals surface area (Å²) in [5.74, 6) is -0.665. The van der Waals surface area contributed by atoms with E-state index in [2.05, 4.69) is 16.7 Å². The third-order valence-electron chi connectivity index (χ3n) is 5.32. The fourth-order valence-corrected chi connectivity index (χ4v) is 3.90. The third kappa shape index (κ3) is 5.68. The van der Waals surface area contributed by atoms with E-state index in [1.54, 1.807) is 0 Å². The van der Waals surface area contributed by atoms with Gasteiger partial charge in [-0.1, -0.05) is 54.1 Å². The highest BCUT2D eigenvalue weighted by Crippen LogP contribution is 2.32. The second kappa shape index (κ2) is 9.72. The molecule has 0 fully saturated rings. The zero-order valence-corrected chi connectivity index (χ0v) is 16.6. The van der Waals surface area contributed by atoms with Gasteiger partial charge in [0.2, 0.25) is 11.8 Å². The van der Waals surface area contributed by atoms with Gasteiger partial charge in [-0.25, -0.2) is 0 Å². The van der Waals surface area contributed by atoms with E-state index in [1.165, 1.54) is 5.56 Å². The second-order valence-corrected chi connectivity index (χ2v) is 7.61. The fraction of sp³-hybridized carbons (Fsp3) is 0.364. The van der Waals surface area contributed by atoms with Gasteiger partial charge in [0.15, 0.2) is 0 Å². The molecule has 0 aliphatic heterocycles. The van der Waals surface area contributed by atoms with Crippen molar-refractivity contribution in [2.45, 2.75) is 44.6 Å². The number of hydrogen-bond acceptors (Lipinski definition) is 4. The van der Waals surface area contributed by atoms with Crippen LogP contribution in [0, 0.1) is 6.92 Å². The van der Waals surface area contributed by atoms with Crippen molar-refractivity contribution in [1.29, 1.82) is 0 Å². The van der Waals surface area contributed by atoms with E-state index in [-0.39, 0.29) is 30.6 Å². The summed E-state index contributed by atoms with van der Waals surface area (Å²) < 4.78 is 0. The molecule has 0 bridgehead atoms. The van der Waals surface area contributed by atoms with Crippen LogP contribution < -0.4 is 10.6 Å². The molecule has 1 aliphatic carbocycles. The number of carbonyl (C=O) groups excluding carboxylic acids is 2. The molecule has 2 aromatic rings. The van der Waals surface area contributed by atoms with Crippen LogP contribution in [0.25, 0.3) is 0 Å². The van der Waals surface area contributed by atoms with Crippen molar-refractivity contribution in [2.75, 3.05) is 6.44 Å². The van der Waals surface area contributed by atoms with Gasteiger partial charge < -0.3 is 20.7 Å². The molecule has 0 saturated carbocycles. The monoisotopic (exact) mass is 394 g/mol. The fourth-order valence-electron chi connectivity index (χ4n) is 3.90. The summed E-state index contributed by atoms with van der Waals surface area (Å²) in [5.41, 5.74) is 4.16. The molecule has 2 unspecified atom stereocenters. The van der Waals surface area contributed by atoms with Gasteiger partial charge >= 0.3 is 7.12 Å². The second-order valence-electron chi connectivity index (χ2n) is 7.61. The van der Waals surface area contributed by atoms with E-state index in [9.17, 15) is 9.59 Å². The van der Waals surface area contributed by atoms with Crippen LogP contribution in [0.4, 0.5) is 0 Å². The zero-order valence-electron chi connectivity index (χ0n) is 16.6. The molecule has 152 valence electrons. The summed E-state index contributed by atoms with van der Waals surface area (Å²) in [6.07, 6.45) is 2.50. The lowest BCUT2D eigenvalue weighted by Crippen LogP contribution is -2.39. The zero-order chi connectivity index (χ0) is 20.8. The van der Waals surface area contributed by atoms with Gasteiger partial charge in [-0.15, -0.1) is 0 Å². The number of amides is 2. The van der Waals surface area contributed by atoms with Crippen LogP contribution in [0.1, 0.15) is 53.5 Å². The van der Waals surface area contributed by atoms with Crippen molar-refractivity contribution in [1.82, 2.24) is 10.6 Å². The Kier molecular flexibility index (Phi) is 7.06. The number of rotatable bonds is 7. The number of nitrogens with one attached hydrogen (secondary N) is 2. The van der Waals surface area contributed by atoms with Crippen molar-refractivity contribution in [3.8, 4) is 0 Å². The molecule has 7 heteroatoms. The first-order valence-corrected chi connectivity index (χ1v) is 10.0. The molecule has 2 atom stereocenters. The Balaban J connectivity index is 1.78. The Labute approximate surface area is 171 Å². The van der Waals surface area contributed by atoms with Crippen LogP contribution in [0.2, 0.25) is 0 Å². The van der Waals surface area contributed by atoms with Gasteiger partial charge in [0.05, 0.1) is 24.8 Å². The lowest BCUT2D eigenvalue weighted by molar-refractivity contribution is -0.124. The number of hydrogen-bond donors (Lipinski definition) is 4. The van der Waals surface area contributed by atoms with E-state index in [1.807, 2.05) is 49.4 Å². The summed E-state index contributed by atoms with van der Waals surface area (Å²) in [6, 6.07) is 15.2. The summed E-state index contributed by atoms with van der Waals surface area (Å²) in [6.45, 7) is 1.96. The average molecular weight is 394 g/mol. The standard InChI is InChI=1S/C22H27BN2O4/c1-15-6-4-9-17(12-15)20(13-21(26)24-14-23(28)29)25-22(27)19-11-5-8-16-7-2-3-10-18(16)19/h2-4,6-7,9-10,12,19-20,28-29H,5,8,11,13-14H2,1H3,(H,24,26)(H,25,27). The highest BCUT2D eigenvalue weighted by Gasteiger charge is 2.29. The van der Waals surface area contributed by atoms with E-state index in [0.29, 0.717) is 0 Å². The minimum Gasteiger partial charge on any atom is -0.426 e. The number of benzene rings is 2. The van der Waals surface area contributed by atoms with Gasteiger partial charge in [0.1, 0.15) is 0 Å². The first kappa shape index (κ1) is 21.1. The van der Waals surface area contributed by atoms with Gasteiger partial charge in [0.25, 0.3) is 0 Å². The lowest BCUT2D eigenvalue weighted by Gasteiger charge is -2.27. The van der Waals surface area contributed by atoms with Crippen LogP contribution in [0.5, 0.6) is 0 Å². The number of carbonyl (C=O) groups is 2. The summed E-state index contributed by atoms with van der Waals surface area (Å²) in [4.78, 5) is 25.4. The van der Waals surface area contributed by atoms with Gasteiger partial charge in [-0.3, -0.25) is 9.59 Å².